The molecule has 1 nitrogen and oxygen atoms in total. The van der Waals surface area contributed by atoms with Crippen molar-refractivity contribution in [3.8, 4) is 0 Å². The number of alkyl halides is 3. The standard InChI is InChI=1S/C21H35F3O/c1-14-3-6-16(7-4-14)17-9-11-21(24,12-10-17)13-25-18-8-5-15(2)19(22)20(18)23/h14-20H,3-13H2,1-2H3. The molecule has 0 radical (unpaired) electrons. The summed E-state index contributed by atoms with van der Waals surface area (Å²) in [7, 11) is 0. The average Bonchev–Trinajstić information content (AvgIpc) is 2.61. The molecule has 0 aromatic heterocycles. The molecule has 4 heteroatoms. The molecule has 0 saturated heterocycles. The van der Waals surface area contributed by atoms with Crippen molar-refractivity contribution in [1.29, 1.82) is 0 Å². The second-order valence-corrected chi connectivity index (χ2v) is 9.30. The molecular formula is C21H35F3O. The Morgan fingerprint density at radius 3 is 2.04 bits per heavy atom. The van der Waals surface area contributed by atoms with E-state index in [1.807, 2.05) is 0 Å². The second-order valence-electron chi connectivity index (χ2n) is 9.30. The Morgan fingerprint density at radius 2 is 1.40 bits per heavy atom. The summed E-state index contributed by atoms with van der Waals surface area (Å²) in [6, 6.07) is 0. The average molecular weight is 361 g/mol. The van der Waals surface area contributed by atoms with Crippen LogP contribution in [0.1, 0.15) is 78.1 Å². The summed E-state index contributed by atoms with van der Waals surface area (Å²) < 4.78 is 48.6. The summed E-state index contributed by atoms with van der Waals surface area (Å²) in [6.45, 7) is 4.00. The van der Waals surface area contributed by atoms with E-state index < -0.39 is 24.1 Å². The van der Waals surface area contributed by atoms with Crippen LogP contribution in [0.3, 0.4) is 0 Å². The number of hydrogen-bond donors (Lipinski definition) is 0. The van der Waals surface area contributed by atoms with Crippen molar-refractivity contribution in [2.75, 3.05) is 6.61 Å². The van der Waals surface area contributed by atoms with Crippen LogP contribution in [0, 0.1) is 23.7 Å². The molecule has 3 saturated carbocycles. The molecule has 4 atom stereocenters. The largest absolute Gasteiger partial charge is 0.372 e. The van der Waals surface area contributed by atoms with Crippen LogP contribution in [0.2, 0.25) is 0 Å². The van der Waals surface area contributed by atoms with Crippen LogP contribution in [0.5, 0.6) is 0 Å². The molecule has 0 N–H and O–H groups in total. The van der Waals surface area contributed by atoms with Crippen LogP contribution in [-0.2, 0) is 4.74 Å². The van der Waals surface area contributed by atoms with Gasteiger partial charge in [-0.1, -0.05) is 26.7 Å². The lowest BCUT2D eigenvalue weighted by Gasteiger charge is -2.40. The predicted octanol–water partition coefficient (Wildman–Crippen LogP) is 6.20. The van der Waals surface area contributed by atoms with Gasteiger partial charge in [0.05, 0.1) is 12.7 Å². The van der Waals surface area contributed by atoms with Crippen LogP contribution in [-0.4, -0.2) is 30.7 Å². The maximum absolute atomic E-state index is 15.1. The first kappa shape index (κ1) is 19.5. The van der Waals surface area contributed by atoms with Crippen molar-refractivity contribution >= 4 is 0 Å². The first-order chi connectivity index (χ1) is 11.9. The molecule has 3 aliphatic rings. The fraction of sp³-hybridized carbons (Fsp3) is 1.00. The van der Waals surface area contributed by atoms with Gasteiger partial charge in [0.25, 0.3) is 0 Å². The van der Waals surface area contributed by atoms with Crippen LogP contribution in [0.25, 0.3) is 0 Å². The smallest absolute Gasteiger partial charge is 0.157 e. The molecule has 0 heterocycles. The second kappa shape index (κ2) is 8.19. The zero-order chi connectivity index (χ0) is 18.0. The van der Waals surface area contributed by atoms with E-state index in [9.17, 15) is 8.78 Å². The summed E-state index contributed by atoms with van der Waals surface area (Å²) >= 11 is 0. The van der Waals surface area contributed by atoms with E-state index in [1.165, 1.54) is 25.7 Å². The highest BCUT2D eigenvalue weighted by Gasteiger charge is 2.42. The van der Waals surface area contributed by atoms with E-state index in [0.717, 1.165) is 24.7 Å². The van der Waals surface area contributed by atoms with Gasteiger partial charge in [0.1, 0.15) is 11.8 Å². The van der Waals surface area contributed by atoms with E-state index in [0.29, 0.717) is 31.6 Å². The lowest BCUT2D eigenvalue weighted by atomic mass is 9.69. The summed E-state index contributed by atoms with van der Waals surface area (Å²) in [5.41, 5.74) is -1.34. The number of halogens is 3. The van der Waals surface area contributed by atoms with Gasteiger partial charge in [-0.2, -0.15) is 0 Å². The molecule has 0 aromatic rings. The molecule has 0 spiro atoms. The van der Waals surface area contributed by atoms with Crippen molar-refractivity contribution in [2.45, 2.75) is 102 Å². The fourth-order valence-corrected chi connectivity index (χ4v) is 5.23. The highest BCUT2D eigenvalue weighted by atomic mass is 19.2. The van der Waals surface area contributed by atoms with Crippen molar-refractivity contribution < 1.29 is 17.9 Å². The third-order valence-corrected chi connectivity index (χ3v) is 7.32. The van der Waals surface area contributed by atoms with Crippen molar-refractivity contribution in [1.82, 2.24) is 0 Å². The molecule has 3 rings (SSSR count). The Balaban J connectivity index is 1.43. The van der Waals surface area contributed by atoms with Gasteiger partial charge in [-0.3, -0.25) is 0 Å². The number of hydrogen-bond acceptors (Lipinski definition) is 1. The van der Waals surface area contributed by atoms with E-state index in [2.05, 4.69) is 6.92 Å². The van der Waals surface area contributed by atoms with Gasteiger partial charge in [0.15, 0.2) is 6.17 Å². The minimum absolute atomic E-state index is 0.0619. The van der Waals surface area contributed by atoms with Gasteiger partial charge < -0.3 is 4.74 Å². The molecule has 0 aromatic carbocycles. The molecule has 0 amide bonds. The Hall–Kier alpha value is -0.250. The zero-order valence-corrected chi connectivity index (χ0v) is 15.9. The highest BCUT2D eigenvalue weighted by Crippen LogP contribution is 2.44. The maximum atomic E-state index is 15.1. The lowest BCUT2D eigenvalue weighted by Crippen LogP contribution is -2.45. The molecule has 4 unspecified atom stereocenters. The van der Waals surface area contributed by atoms with Gasteiger partial charge >= 0.3 is 0 Å². The van der Waals surface area contributed by atoms with E-state index >= 15 is 4.39 Å². The first-order valence-electron chi connectivity index (χ1n) is 10.5. The van der Waals surface area contributed by atoms with Gasteiger partial charge in [0, 0.05) is 0 Å². The lowest BCUT2D eigenvalue weighted by molar-refractivity contribution is -0.110. The third kappa shape index (κ3) is 4.73. The monoisotopic (exact) mass is 360 g/mol. The zero-order valence-electron chi connectivity index (χ0n) is 15.9. The molecule has 0 bridgehead atoms. The van der Waals surface area contributed by atoms with E-state index in [-0.39, 0.29) is 12.5 Å². The Bertz CT molecular complexity index is 413. The Labute approximate surface area is 151 Å². The molecule has 146 valence electrons. The molecular weight excluding hydrogens is 325 g/mol. The van der Waals surface area contributed by atoms with Gasteiger partial charge in [0.2, 0.25) is 0 Å². The fourth-order valence-electron chi connectivity index (χ4n) is 5.23. The van der Waals surface area contributed by atoms with Gasteiger partial charge in [-0.05, 0) is 75.0 Å². The highest BCUT2D eigenvalue weighted by molar-refractivity contribution is 4.91. The van der Waals surface area contributed by atoms with Gasteiger partial charge in [-0.15, -0.1) is 0 Å². The molecule has 25 heavy (non-hydrogen) atoms. The van der Waals surface area contributed by atoms with Crippen molar-refractivity contribution in [3.05, 3.63) is 0 Å². The first-order valence-corrected chi connectivity index (χ1v) is 10.5. The topological polar surface area (TPSA) is 9.23 Å². The van der Waals surface area contributed by atoms with Crippen LogP contribution in [0.4, 0.5) is 13.2 Å². The third-order valence-electron chi connectivity index (χ3n) is 7.32. The molecule has 3 aliphatic carbocycles. The Kier molecular flexibility index (Phi) is 6.39. The molecule has 0 aliphatic heterocycles. The quantitative estimate of drug-likeness (QED) is 0.580. The SMILES string of the molecule is CC1CCC(C2CCC(F)(COC3CCC(C)C(F)C3F)CC2)CC1. The predicted molar refractivity (Wildman–Crippen MR) is 94.8 cm³/mol. The van der Waals surface area contributed by atoms with E-state index in [4.69, 9.17) is 4.74 Å². The number of ether oxygens (including phenoxy) is 1. The number of rotatable bonds is 4. The summed E-state index contributed by atoms with van der Waals surface area (Å²) in [6.07, 6.45) is 5.37. The van der Waals surface area contributed by atoms with E-state index in [1.54, 1.807) is 6.92 Å². The molecule has 3 fully saturated rings. The minimum Gasteiger partial charge on any atom is -0.372 e. The summed E-state index contributed by atoms with van der Waals surface area (Å²) in [5, 5.41) is 0. The van der Waals surface area contributed by atoms with Crippen molar-refractivity contribution in [3.63, 3.8) is 0 Å². The minimum atomic E-state index is -1.60. The normalized spacial score (nSPS) is 49.1. The van der Waals surface area contributed by atoms with Crippen LogP contribution in [0.15, 0.2) is 0 Å². The van der Waals surface area contributed by atoms with Crippen molar-refractivity contribution in [2.24, 2.45) is 23.7 Å². The summed E-state index contributed by atoms with van der Waals surface area (Å²) in [5.74, 6) is 2.00. The maximum Gasteiger partial charge on any atom is 0.157 e. The van der Waals surface area contributed by atoms with Crippen LogP contribution >= 0.6 is 0 Å². The van der Waals surface area contributed by atoms with Gasteiger partial charge in [-0.25, -0.2) is 13.2 Å². The van der Waals surface area contributed by atoms with Crippen LogP contribution < -0.4 is 0 Å². The summed E-state index contributed by atoms with van der Waals surface area (Å²) in [4.78, 5) is 0. The Morgan fingerprint density at radius 1 is 0.800 bits per heavy atom.